The molecular formula is C21H22Cl2O5. The van der Waals surface area contributed by atoms with E-state index in [0.717, 1.165) is 0 Å². The Kier molecular flexibility index (Phi) is 6.32. The van der Waals surface area contributed by atoms with Gasteiger partial charge in [-0.2, -0.15) is 0 Å². The van der Waals surface area contributed by atoms with E-state index in [1.807, 2.05) is 6.07 Å². The maximum atomic E-state index is 12.4. The van der Waals surface area contributed by atoms with Gasteiger partial charge in [0.2, 0.25) is 0 Å². The summed E-state index contributed by atoms with van der Waals surface area (Å²) in [5.74, 6) is -1.05. The number of hydrogen-bond acceptors (Lipinski definition) is 5. The van der Waals surface area contributed by atoms with Crippen LogP contribution in [0, 0.1) is 0 Å². The molecule has 3 rings (SSSR count). The van der Waals surface area contributed by atoms with E-state index in [0.29, 0.717) is 21.2 Å². The highest BCUT2D eigenvalue weighted by Crippen LogP contribution is 2.40. The number of benzene rings is 2. The Hall–Kier alpha value is -1.63. The molecule has 0 spiro atoms. The van der Waals surface area contributed by atoms with Crippen LogP contribution in [0.1, 0.15) is 35.7 Å². The summed E-state index contributed by atoms with van der Waals surface area (Å²) in [5.41, 5.74) is -0.431. The minimum Gasteiger partial charge on any atom is -0.461 e. The summed E-state index contributed by atoms with van der Waals surface area (Å²) in [5, 5.41) is 21.9. The second-order valence-electron chi connectivity index (χ2n) is 7.18. The first-order chi connectivity index (χ1) is 13.2. The molecule has 0 aliphatic carbocycles. The molecule has 1 saturated heterocycles. The lowest BCUT2D eigenvalue weighted by Gasteiger charge is -2.32. The Balaban J connectivity index is 1.89. The largest absolute Gasteiger partial charge is 0.461 e. The van der Waals surface area contributed by atoms with Gasteiger partial charge in [0.15, 0.2) is 0 Å². The van der Waals surface area contributed by atoms with E-state index in [2.05, 4.69) is 0 Å². The fraction of sp³-hybridized carbons (Fsp3) is 0.381. The summed E-state index contributed by atoms with van der Waals surface area (Å²) >= 11 is 12.2. The van der Waals surface area contributed by atoms with Gasteiger partial charge in [-0.05, 0) is 43.7 Å². The molecule has 7 heteroatoms. The molecule has 2 aromatic rings. The average molecular weight is 425 g/mol. The summed E-state index contributed by atoms with van der Waals surface area (Å²) in [6, 6.07) is 13.6. The van der Waals surface area contributed by atoms with Gasteiger partial charge in [-0.15, -0.1) is 0 Å². The molecule has 5 atom stereocenters. The predicted molar refractivity (Wildman–Crippen MR) is 107 cm³/mol. The Bertz CT molecular complexity index is 840. The van der Waals surface area contributed by atoms with Gasteiger partial charge in [0.25, 0.3) is 0 Å². The molecule has 1 heterocycles. The summed E-state index contributed by atoms with van der Waals surface area (Å²) in [7, 11) is 0. The molecule has 1 aliphatic heterocycles. The Morgan fingerprint density at radius 3 is 2.46 bits per heavy atom. The van der Waals surface area contributed by atoms with Crippen LogP contribution in [-0.4, -0.2) is 46.7 Å². The van der Waals surface area contributed by atoms with Crippen molar-refractivity contribution in [1.29, 1.82) is 0 Å². The Labute approximate surface area is 173 Å². The van der Waals surface area contributed by atoms with E-state index < -0.39 is 35.8 Å². The minimum atomic E-state index is -1.53. The number of hydrogen-bond donors (Lipinski definition) is 2. The highest BCUT2D eigenvalue weighted by atomic mass is 35.5. The average Bonchev–Trinajstić information content (AvgIpc) is 2.88. The van der Waals surface area contributed by atoms with Gasteiger partial charge in [-0.1, -0.05) is 47.5 Å². The summed E-state index contributed by atoms with van der Waals surface area (Å²) in [6.07, 6.45) is -2.46. The number of aliphatic hydroxyl groups is 2. The maximum absolute atomic E-state index is 12.4. The van der Waals surface area contributed by atoms with Crippen LogP contribution in [0.15, 0.2) is 48.5 Å². The van der Waals surface area contributed by atoms with Gasteiger partial charge in [-0.25, -0.2) is 4.79 Å². The predicted octanol–water partition coefficient (Wildman–Crippen LogP) is 3.83. The molecule has 0 amide bonds. The van der Waals surface area contributed by atoms with Gasteiger partial charge >= 0.3 is 5.97 Å². The Morgan fingerprint density at radius 1 is 1.21 bits per heavy atom. The van der Waals surface area contributed by atoms with Crippen LogP contribution in [0.2, 0.25) is 10.0 Å². The van der Waals surface area contributed by atoms with Crippen LogP contribution < -0.4 is 0 Å². The molecule has 28 heavy (non-hydrogen) atoms. The maximum Gasteiger partial charge on any atom is 0.338 e. The first-order valence-corrected chi connectivity index (χ1v) is 9.70. The fourth-order valence-corrected chi connectivity index (χ4v) is 3.82. The van der Waals surface area contributed by atoms with Crippen molar-refractivity contribution >= 4 is 29.2 Å². The topological polar surface area (TPSA) is 76.0 Å². The van der Waals surface area contributed by atoms with E-state index in [9.17, 15) is 15.0 Å². The van der Waals surface area contributed by atoms with Gasteiger partial charge in [0, 0.05) is 5.92 Å². The molecule has 2 N–H and O–H groups in total. The smallest absolute Gasteiger partial charge is 0.338 e. The van der Waals surface area contributed by atoms with Crippen LogP contribution in [-0.2, 0) is 9.47 Å². The van der Waals surface area contributed by atoms with E-state index in [4.69, 9.17) is 32.7 Å². The van der Waals surface area contributed by atoms with Crippen molar-refractivity contribution in [3.05, 3.63) is 69.7 Å². The van der Waals surface area contributed by atoms with E-state index >= 15 is 0 Å². The molecule has 1 fully saturated rings. The molecule has 0 radical (unpaired) electrons. The molecule has 0 bridgehead atoms. The van der Waals surface area contributed by atoms with Gasteiger partial charge < -0.3 is 19.7 Å². The fourth-order valence-electron chi connectivity index (χ4n) is 3.51. The quantitative estimate of drug-likeness (QED) is 0.713. The number of esters is 1. The van der Waals surface area contributed by atoms with Crippen LogP contribution in [0.5, 0.6) is 0 Å². The highest BCUT2D eigenvalue weighted by molar-refractivity contribution is 6.42. The first-order valence-electron chi connectivity index (χ1n) is 8.95. The van der Waals surface area contributed by atoms with Gasteiger partial charge in [-0.3, -0.25) is 0 Å². The van der Waals surface area contributed by atoms with Crippen LogP contribution >= 0.6 is 23.2 Å². The molecule has 0 unspecified atom stereocenters. The lowest BCUT2D eigenvalue weighted by Crippen LogP contribution is -2.48. The zero-order valence-electron chi connectivity index (χ0n) is 15.5. The monoisotopic (exact) mass is 424 g/mol. The van der Waals surface area contributed by atoms with Gasteiger partial charge in [0.05, 0.1) is 27.8 Å². The van der Waals surface area contributed by atoms with E-state index in [1.165, 1.54) is 6.92 Å². The normalized spacial score (nSPS) is 28.1. The minimum absolute atomic E-state index is 0.0635. The summed E-state index contributed by atoms with van der Waals surface area (Å²) in [4.78, 5) is 12.4. The van der Waals surface area contributed by atoms with Crippen LogP contribution in [0.25, 0.3) is 0 Å². The van der Waals surface area contributed by atoms with Crippen molar-refractivity contribution < 1.29 is 24.5 Å². The van der Waals surface area contributed by atoms with Crippen molar-refractivity contribution in [3.63, 3.8) is 0 Å². The number of carbonyl (C=O) groups is 1. The molecule has 2 aromatic carbocycles. The number of rotatable bonds is 5. The van der Waals surface area contributed by atoms with Crippen molar-refractivity contribution in [2.75, 3.05) is 6.61 Å². The van der Waals surface area contributed by atoms with Crippen LogP contribution in [0.3, 0.4) is 0 Å². The SMILES string of the molecule is C[C@@H]1O[C@H]([C@H](COC(=O)c2ccccc2)c2ccc(Cl)c(Cl)c2)[C@@](C)(O)[C@H]1O. The molecule has 1 aliphatic rings. The second kappa shape index (κ2) is 8.39. The van der Waals surface area contributed by atoms with Crippen molar-refractivity contribution in [3.8, 4) is 0 Å². The standard InChI is InChI=1S/C21H22Cl2O5/c1-12-18(24)21(2,26)19(28-12)15(14-8-9-16(22)17(23)10-14)11-27-20(25)13-6-4-3-5-7-13/h3-10,12,15,18-19,24,26H,11H2,1-2H3/t12-,15+,18-,19+,21-/m0/s1. The summed E-state index contributed by atoms with van der Waals surface area (Å²) in [6.45, 7) is 3.13. The first kappa shape index (κ1) is 21.1. The third kappa shape index (κ3) is 4.19. The lowest BCUT2D eigenvalue weighted by molar-refractivity contribution is -0.0787. The number of carbonyl (C=O) groups excluding carboxylic acids is 1. The third-order valence-electron chi connectivity index (χ3n) is 5.12. The third-order valence-corrected chi connectivity index (χ3v) is 5.86. The van der Waals surface area contributed by atoms with Crippen LogP contribution in [0.4, 0.5) is 0 Å². The lowest BCUT2D eigenvalue weighted by atomic mass is 9.82. The number of halogens is 2. The Morgan fingerprint density at radius 2 is 1.89 bits per heavy atom. The molecule has 0 aromatic heterocycles. The molecular weight excluding hydrogens is 403 g/mol. The van der Waals surface area contributed by atoms with Crippen molar-refractivity contribution in [2.24, 2.45) is 0 Å². The van der Waals surface area contributed by atoms with E-state index in [-0.39, 0.29) is 6.61 Å². The zero-order chi connectivity index (χ0) is 20.5. The summed E-state index contributed by atoms with van der Waals surface area (Å²) < 4.78 is 11.3. The molecule has 150 valence electrons. The number of aliphatic hydroxyl groups excluding tert-OH is 1. The molecule has 0 saturated carbocycles. The second-order valence-corrected chi connectivity index (χ2v) is 7.99. The van der Waals surface area contributed by atoms with Crippen molar-refractivity contribution in [2.45, 2.75) is 43.7 Å². The number of ether oxygens (including phenoxy) is 2. The van der Waals surface area contributed by atoms with E-state index in [1.54, 1.807) is 49.4 Å². The van der Waals surface area contributed by atoms with Gasteiger partial charge in [0.1, 0.15) is 18.3 Å². The van der Waals surface area contributed by atoms with Crippen molar-refractivity contribution in [1.82, 2.24) is 0 Å². The highest BCUT2D eigenvalue weighted by Gasteiger charge is 2.53. The zero-order valence-corrected chi connectivity index (χ0v) is 17.0. The molecule has 5 nitrogen and oxygen atoms in total.